The Morgan fingerprint density at radius 2 is 0.979 bits per heavy atom. The van der Waals surface area contributed by atoms with Gasteiger partial charge in [-0.3, -0.25) is 43.3 Å². The summed E-state index contributed by atoms with van der Waals surface area (Å²) in [7, 11) is 0. The van der Waals surface area contributed by atoms with E-state index in [2.05, 4.69) is 101 Å². The lowest BCUT2D eigenvalue weighted by Gasteiger charge is -2.41. The Labute approximate surface area is 795 Å². The average Bonchev–Trinajstić information content (AvgIpc) is 1.47. The van der Waals surface area contributed by atoms with Crippen molar-refractivity contribution in [3.05, 3.63) is 293 Å². The summed E-state index contributed by atoms with van der Waals surface area (Å²) in [6.07, 6.45) is -21.3. The summed E-state index contributed by atoms with van der Waals surface area (Å²) in [5, 5.41) is 14.6. The van der Waals surface area contributed by atoms with Gasteiger partial charge in [0.2, 0.25) is 5.89 Å². The monoisotopic (exact) mass is 2030 g/mol. The van der Waals surface area contributed by atoms with Gasteiger partial charge in [0.25, 0.3) is 47.3 Å². The van der Waals surface area contributed by atoms with Crippen LogP contribution in [0, 0.1) is 12.7 Å². The van der Waals surface area contributed by atoms with Crippen LogP contribution >= 0.6 is 34.0 Å². The summed E-state index contributed by atoms with van der Waals surface area (Å²) in [6, 6.07) is 42.0. The van der Waals surface area contributed by atoms with Crippen LogP contribution in [0.15, 0.2) is 210 Å². The number of oxazole rings is 1. The first kappa shape index (κ1) is 107. The minimum atomic E-state index is -4.86. The zero-order valence-electron chi connectivity index (χ0n) is 72.8. The molecule has 31 nitrogen and oxygen atoms in total. The number of amides is 8. The van der Waals surface area contributed by atoms with E-state index in [1.165, 1.54) is 64.6 Å². The van der Waals surface area contributed by atoms with Crippen LogP contribution in [0.2, 0.25) is 0 Å². The number of carbonyl (C=O) groups is 8. The van der Waals surface area contributed by atoms with E-state index < -0.39 is 127 Å². The number of halogens is 16. The molecule has 0 saturated carbocycles. The molecule has 12 aromatic rings. The number of anilines is 1. The Morgan fingerprint density at radius 3 is 1.46 bits per heavy atom. The number of benzene rings is 7. The van der Waals surface area contributed by atoms with Gasteiger partial charge in [-0.1, -0.05) is 60.2 Å². The van der Waals surface area contributed by atoms with Crippen LogP contribution in [-0.4, -0.2) is 154 Å². The topological polar surface area (TPSA) is 421 Å². The van der Waals surface area contributed by atoms with Crippen molar-refractivity contribution in [2.45, 2.75) is 109 Å². The molecule has 1 aliphatic rings. The number of piperazine rings is 1. The number of aryl methyl sites for hydroxylation is 3. The van der Waals surface area contributed by atoms with E-state index in [0.717, 1.165) is 101 Å². The highest BCUT2D eigenvalue weighted by molar-refractivity contribution is 7.12. The Hall–Kier alpha value is -15.4. The molecule has 1 saturated heterocycles. The number of hydrogen-bond acceptors (Lipinski definition) is 26. The standard InChI is InChI=1S/C26H27F3N4O4S.C22H16F7N3O4S.C22H20F3N3O5.C20H17F3N4O4S/c1-16-3-5-18(6-4-16)33-12-11-32(14-17(33)2)25(35)21-15-38-23(31-21)13-22(24(30)34)36-19-7-9-20(10-8-19)37-26(27,28)29;23-12-2-1-11(15(8-12)21(24,25)26)7-16-19(20(30)34)32-18(37-16)9-31-17(33)10-35-13-3-5-14(6-4-13)36-22(27,28)29;23-22(24,25)33-16-9-7-15(8-10-16)31-13-18(29)27-12-19-28-20(21(26)30)17(32-19)11-6-14-4-2-1-3-5-14;21-20(22,23)31-15-5-3-14(4-6-15)30-11-17(28)25-10-18-27-16(12-32-18)19(29)26-9-13-2-1-7-24-8-13/h3-10,15,17,22H,11-14H2,1-2H3,(H2,30,34);1-6,8H,7,9-10H2,(H2,30,34)(H,31,33);1-5,7-10H,6,11-13H2,(H2,26,30)(H,27,29);1-8,12H,9-11H2,(H,25,28)(H,26,29). The van der Waals surface area contributed by atoms with Crippen molar-refractivity contribution in [1.29, 1.82) is 0 Å². The third kappa shape index (κ3) is 36.0. The molecule has 0 aliphatic carbocycles. The largest absolute Gasteiger partial charge is 0.573 e. The molecule has 2 unspecified atom stereocenters. The number of nitrogens with one attached hydrogen (secondary N) is 4. The second-order valence-corrected chi connectivity index (χ2v) is 32.4. The molecule has 1 fully saturated rings. The van der Waals surface area contributed by atoms with Gasteiger partial charge in [0, 0.05) is 85.2 Å². The third-order valence-electron chi connectivity index (χ3n) is 18.8. The molecule has 5 aromatic heterocycles. The Balaban J connectivity index is 0.000000193. The molecule has 8 amide bonds. The molecular formula is C90H80F16N14O17S3. The molecule has 2 atom stereocenters. The summed E-state index contributed by atoms with van der Waals surface area (Å²) in [5.74, 6) is -6.44. The fraction of sp³-hybridized carbons (Fsp3) is 0.256. The van der Waals surface area contributed by atoms with Crippen LogP contribution in [0.4, 0.5) is 75.9 Å². The first-order valence-corrected chi connectivity index (χ1v) is 43.5. The maximum absolute atomic E-state index is 13.4. The number of nitrogens with zero attached hydrogens (tertiary/aromatic N) is 7. The molecule has 0 spiro atoms. The third-order valence-corrected chi connectivity index (χ3v) is 21.6. The van der Waals surface area contributed by atoms with Crippen LogP contribution in [-0.2, 0) is 77.2 Å². The first-order chi connectivity index (χ1) is 66.2. The predicted molar refractivity (Wildman–Crippen MR) is 469 cm³/mol. The Kier molecular flexibility index (Phi) is 37.4. The van der Waals surface area contributed by atoms with Crippen molar-refractivity contribution < 1.29 is 151 Å². The highest BCUT2D eigenvalue weighted by Gasteiger charge is 2.38. The quantitative estimate of drug-likeness (QED) is 0.0179. The fourth-order valence-corrected chi connectivity index (χ4v) is 15.0. The van der Waals surface area contributed by atoms with Gasteiger partial charge in [0.1, 0.15) is 84.7 Å². The normalized spacial score (nSPS) is 12.8. The SMILES string of the molecule is Cc1ccc(N2CCN(C(=O)c3csc(CC(Oc4ccc(OC(F)(F)F)cc4)C(N)=O)n3)CC2C)cc1.NC(=O)c1nc(CNC(=O)COc2ccc(OC(F)(F)F)cc2)oc1CCc1ccccc1.NC(=O)c1nc(CNC(=O)COc2ccc(OC(F)(F)F)cc2)sc1Cc1ccc(F)cc1C(F)(F)F.O=C(COc1ccc(OC(F)(F)F)cc1)NCc1nc(C(=O)NCc2cccnc2)cs1. The van der Waals surface area contributed by atoms with Crippen molar-refractivity contribution in [1.82, 2.24) is 51.1 Å². The molecule has 7 aromatic carbocycles. The van der Waals surface area contributed by atoms with E-state index in [9.17, 15) is 109 Å². The summed E-state index contributed by atoms with van der Waals surface area (Å²) in [4.78, 5) is 121. The van der Waals surface area contributed by atoms with Crippen LogP contribution < -0.4 is 81.3 Å². The number of nitrogens with two attached hydrogens (primary N) is 3. The molecule has 742 valence electrons. The van der Waals surface area contributed by atoms with Gasteiger partial charge in [0.15, 0.2) is 31.6 Å². The second kappa shape index (κ2) is 49.1. The number of aromatic nitrogens is 5. The van der Waals surface area contributed by atoms with Gasteiger partial charge in [-0.25, -0.2) is 24.3 Å². The molecule has 13 rings (SSSR count). The minimum absolute atomic E-state index is 0.00564. The van der Waals surface area contributed by atoms with Gasteiger partial charge in [-0.2, -0.15) is 13.2 Å². The zero-order valence-corrected chi connectivity index (χ0v) is 75.2. The van der Waals surface area contributed by atoms with Gasteiger partial charge in [-0.15, -0.1) is 86.7 Å². The highest BCUT2D eigenvalue weighted by Crippen LogP contribution is 2.37. The lowest BCUT2D eigenvalue weighted by atomic mass is 10.0. The summed E-state index contributed by atoms with van der Waals surface area (Å²) in [6.45, 7) is 4.71. The minimum Gasteiger partial charge on any atom is -0.484 e. The number of rotatable bonds is 36. The average molecular weight is 2030 g/mol. The van der Waals surface area contributed by atoms with Gasteiger partial charge in [-0.05, 0) is 164 Å². The summed E-state index contributed by atoms with van der Waals surface area (Å²) in [5.41, 5.74) is 19.1. The van der Waals surface area contributed by atoms with E-state index in [0.29, 0.717) is 60.9 Å². The maximum Gasteiger partial charge on any atom is 0.573 e. The number of thiazole rings is 3. The lowest BCUT2D eigenvalue weighted by molar-refractivity contribution is -0.275. The molecule has 0 bridgehead atoms. The molecule has 50 heteroatoms. The van der Waals surface area contributed by atoms with Crippen molar-refractivity contribution >= 4 is 87.0 Å². The molecular weight excluding hydrogens is 1950 g/mol. The highest BCUT2D eigenvalue weighted by atomic mass is 32.1. The number of pyridine rings is 1. The molecule has 10 N–H and O–H groups in total. The van der Waals surface area contributed by atoms with E-state index in [1.54, 1.807) is 34.1 Å². The maximum atomic E-state index is 13.4. The molecule has 1 aliphatic heterocycles. The molecule has 140 heavy (non-hydrogen) atoms. The van der Waals surface area contributed by atoms with Crippen LogP contribution in [0.3, 0.4) is 0 Å². The van der Waals surface area contributed by atoms with Gasteiger partial charge >= 0.3 is 31.6 Å². The van der Waals surface area contributed by atoms with E-state index >= 15 is 0 Å². The molecule has 6 heterocycles. The Morgan fingerprint density at radius 1 is 0.500 bits per heavy atom. The van der Waals surface area contributed by atoms with Crippen LogP contribution in [0.1, 0.15) is 108 Å². The lowest BCUT2D eigenvalue weighted by Crippen LogP contribution is -2.53. The van der Waals surface area contributed by atoms with E-state index in [4.69, 9.17) is 40.6 Å². The summed E-state index contributed by atoms with van der Waals surface area (Å²) >= 11 is 3.26. The Bertz CT molecular complexity index is 6140. The summed E-state index contributed by atoms with van der Waals surface area (Å²) < 4.78 is 242. The van der Waals surface area contributed by atoms with Crippen molar-refractivity contribution in [2.75, 3.05) is 44.4 Å². The van der Waals surface area contributed by atoms with Crippen molar-refractivity contribution in [3.63, 3.8) is 0 Å². The first-order valence-electron chi connectivity index (χ1n) is 40.9. The van der Waals surface area contributed by atoms with Crippen molar-refractivity contribution in [2.24, 2.45) is 17.2 Å². The van der Waals surface area contributed by atoms with Crippen molar-refractivity contribution in [3.8, 4) is 46.0 Å². The predicted octanol–water partition coefficient (Wildman–Crippen LogP) is 15.0. The number of primary amides is 3. The van der Waals surface area contributed by atoms with Gasteiger partial charge < -0.3 is 90.6 Å². The number of hydrogen-bond donors (Lipinski definition) is 7. The van der Waals surface area contributed by atoms with Crippen LogP contribution in [0.25, 0.3) is 0 Å². The van der Waals surface area contributed by atoms with E-state index in [1.807, 2.05) is 43.3 Å². The van der Waals surface area contributed by atoms with Crippen LogP contribution in [0.5, 0.6) is 46.0 Å². The number of alkyl halides is 15. The molecule has 0 radical (unpaired) electrons. The zero-order chi connectivity index (χ0) is 102. The number of carbonyl (C=O) groups excluding carboxylic acids is 8. The van der Waals surface area contributed by atoms with E-state index in [-0.39, 0.29) is 118 Å². The second-order valence-electron chi connectivity index (χ2n) is 29.4. The number of ether oxygens (including phenoxy) is 8. The fourth-order valence-electron chi connectivity index (χ4n) is 12.4. The van der Waals surface area contributed by atoms with Gasteiger partial charge in [0.05, 0.1) is 30.2 Å². The smallest absolute Gasteiger partial charge is 0.484 e.